The zero-order valence-electron chi connectivity index (χ0n) is 21.3. The molecule has 1 fully saturated rings. The van der Waals surface area contributed by atoms with Crippen molar-refractivity contribution in [1.29, 1.82) is 0 Å². The van der Waals surface area contributed by atoms with Crippen molar-refractivity contribution >= 4 is 22.7 Å². The molecule has 198 valence electrons. The molecule has 0 radical (unpaired) electrons. The van der Waals surface area contributed by atoms with Crippen LogP contribution in [0, 0.1) is 5.92 Å². The number of nitrogens with one attached hydrogen (secondary N) is 1. The van der Waals surface area contributed by atoms with E-state index in [1.807, 2.05) is 38.1 Å². The van der Waals surface area contributed by atoms with Crippen molar-refractivity contribution in [3.8, 4) is 0 Å². The Morgan fingerprint density at radius 2 is 1.59 bits per heavy atom. The number of nitrogens with zero attached hydrogens (tertiary/aromatic N) is 4. The van der Waals surface area contributed by atoms with Gasteiger partial charge < -0.3 is 10.1 Å². The van der Waals surface area contributed by atoms with Gasteiger partial charge in [0.2, 0.25) is 0 Å². The maximum Gasteiger partial charge on any atom is 0.416 e. The predicted molar refractivity (Wildman–Crippen MR) is 136 cm³/mol. The van der Waals surface area contributed by atoms with E-state index in [2.05, 4.69) is 15.1 Å². The molecule has 37 heavy (non-hydrogen) atoms. The van der Waals surface area contributed by atoms with Crippen molar-refractivity contribution < 1.29 is 22.7 Å². The van der Waals surface area contributed by atoms with Gasteiger partial charge >= 0.3 is 12.1 Å². The molecule has 1 aromatic heterocycles. The smallest absolute Gasteiger partial charge is 0.416 e. The number of aromatic nitrogens is 2. The van der Waals surface area contributed by atoms with E-state index in [1.54, 1.807) is 12.1 Å². The number of hydrogen-bond donors (Lipinski definition) is 1. The molecule has 10 heteroatoms. The minimum atomic E-state index is -4.32. The molecule has 0 aliphatic carbocycles. The number of rotatable bonds is 8. The summed E-state index contributed by atoms with van der Waals surface area (Å²) >= 11 is 0. The van der Waals surface area contributed by atoms with Gasteiger partial charge in [0.15, 0.2) is 0 Å². The van der Waals surface area contributed by atoms with E-state index in [-0.39, 0.29) is 11.9 Å². The molecule has 4 rings (SSSR count). The monoisotopic (exact) mass is 515 g/mol. The molecule has 1 aliphatic rings. The molecule has 2 heterocycles. The first-order valence-corrected chi connectivity index (χ1v) is 12.3. The second-order valence-corrected chi connectivity index (χ2v) is 9.64. The lowest BCUT2D eigenvalue weighted by molar-refractivity contribution is -0.142. The number of halogens is 3. The first kappa shape index (κ1) is 26.8. The van der Waals surface area contributed by atoms with Crippen LogP contribution in [0.3, 0.4) is 0 Å². The molecule has 1 aliphatic heterocycles. The molecule has 0 spiro atoms. The van der Waals surface area contributed by atoms with Crippen molar-refractivity contribution in [2.24, 2.45) is 5.92 Å². The molecule has 7 nitrogen and oxygen atoms in total. The number of benzene rings is 2. The van der Waals surface area contributed by atoms with Crippen molar-refractivity contribution in [3.63, 3.8) is 0 Å². The summed E-state index contributed by atoms with van der Waals surface area (Å²) in [5.74, 6) is 0.918. The highest BCUT2D eigenvalue weighted by atomic mass is 19.4. The van der Waals surface area contributed by atoms with Crippen molar-refractivity contribution in [3.05, 3.63) is 65.5 Å². The first-order valence-electron chi connectivity index (χ1n) is 12.3. The standard InChI is InChI=1S/C27H32F3N5O2/c1-18(2)24(26(36)37-3)33-25-21-6-4-5-7-22(21)31-23(32-25)17-35-14-12-34(13-15-35)16-19-8-10-20(11-9-19)27(28,29)30/h4-11,18,24H,12-17H2,1-3H3,(H,31,32,33)/t24-/m0/s1. The Morgan fingerprint density at radius 1 is 0.973 bits per heavy atom. The van der Waals surface area contributed by atoms with E-state index in [0.717, 1.165) is 54.8 Å². The Morgan fingerprint density at radius 3 is 2.19 bits per heavy atom. The summed E-state index contributed by atoms with van der Waals surface area (Å²) in [5.41, 5.74) is 1.03. The number of piperazine rings is 1. The molecule has 1 saturated heterocycles. The van der Waals surface area contributed by atoms with Gasteiger partial charge in [-0.2, -0.15) is 13.2 Å². The number of para-hydroxylation sites is 1. The highest BCUT2D eigenvalue weighted by Gasteiger charge is 2.30. The fraction of sp³-hybridized carbons (Fsp3) is 0.444. The highest BCUT2D eigenvalue weighted by molar-refractivity contribution is 5.91. The Kier molecular flexibility index (Phi) is 8.29. The number of carbonyl (C=O) groups is 1. The van der Waals surface area contributed by atoms with Crippen LogP contribution in [-0.2, 0) is 28.8 Å². The third-order valence-electron chi connectivity index (χ3n) is 6.58. The maximum absolute atomic E-state index is 12.8. The lowest BCUT2D eigenvalue weighted by Gasteiger charge is -2.34. The molecule has 1 atom stereocenters. The zero-order chi connectivity index (χ0) is 26.6. The number of fused-ring (bicyclic) bond motifs is 1. The van der Waals surface area contributed by atoms with Crippen molar-refractivity contribution in [2.45, 2.75) is 39.2 Å². The van der Waals surface area contributed by atoms with Gasteiger partial charge in [-0.25, -0.2) is 14.8 Å². The first-order chi connectivity index (χ1) is 17.6. The number of methoxy groups -OCH3 is 1. The molecule has 0 unspecified atom stereocenters. The largest absolute Gasteiger partial charge is 0.467 e. The maximum atomic E-state index is 12.8. The molecular weight excluding hydrogens is 483 g/mol. The van der Waals surface area contributed by atoms with Gasteiger partial charge in [-0.15, -0.1) is 0 Å². The molecular formula is C27H32F3N5O2. The van der Waals surface area contributed by atoms with E-state index < -0.39 is 17.8 Å². The minimum absolute atomic E-state index is 0.00220. The topological polar surface area (TPSA) is 70.6 Å². The van der Waals surface area contributed by atoms with Crippen LogP contribution >= 0.6 is 0 Å². The molecule has 0 saturated carbocycles. The summed E-state index contributed by atoms with van der Waals surface area (Å²) in [4.78, 5) is 26.3. The Bertz CT molecular complexity index is 1210. The van der Waals surface area contributed by atoms with E-state index >= 15 is 0 Å². The fourth-order valence-electron chi connectivity index (χ4n) is 4.44. The van der Waals surface area contributed by atoms with E-state index in [1.165, 1.54) is 7.11 Å². The number of ether oxygens (including phenoxy) is 1. The van der Waals surface area contributed by atoms with E-state index in [4.69, 9.17) is 14.7 Å². The van der Waals surface area contributed by atoms with E-state index in [0.29, 0.717) is 24.7 Å². The summed E-state index contributed by atoms with van der Waals surface area (Å²) in [6.07, 6.45) is -4.32. The molecule has 3 aromatic rings. The van der Waals surface area contributed by atoms with Crippen molar-refractivity contribution in [2.75, 3.05) is 38.6 Å². The third kappa shape index (κ3) is 6.75. The van der Waals surface area contributed by atoms with Crippen molar-refractivity contribution in [1.82, 2.24) is 19.8 Å². The average molecular weight is 516 g/mol. The van der Waals surface area contributed by atoms with Gasteiger partial charge in [0.1, 0.15) is 17.7 Å². The van der Waals surface area contributed by atoms with Crippen LogP contribution in [0.1, 0.15) is 30.8 Å². The predicted octanol–water partition coefficient (Wildman–Crippen LogP) is 4.58. The number of anilines is 1. The van der Waals surface area contributed by atoms with Gasteiger partial charge in [0.25, 0.3) is 0 Å². The number of alkyl halides is 3. The Hall–Kier alpha value is -3.24. The van der Waals surface area contributed by atoms with Crippen LogP contribution in [-0.4, -0.2) is 65.1 Å². The van der Waals surface area contributed by atoms with Crippen LogP contribution in [0.15, 0.2) is 48.5 Å². The van der Waals surface area contributed by atoms with Crippen LogP contribution in [0.5, 0.6) is 0 Å². The normalized spacial score (nSPS) is 16.2. The molecule has 2 aromatic carbocycles. The third-order valence-corrected chi connectivity index (χ3v) is 6.58. The van der Waals surface area contributed by atoms with Gasteiger partial charge in [-0.1, -0.05) is 38.1 Å². The zero-order valence-corrected chi connectivity index (χ0v) is 21.3. The summed E-state index contributed by atoms with van der Waals surface area (Å²) in [7, 11) is 1.38. The summed E-state index contributed by atoms with van der Waals surface area (Å²) in [5, 5.41) is 4.11. The van der Waals surface area contributed by atoms with E-state index in [9.17, 15) is 18.0 Å². The van der Waals surface area contributed by atoms with Crippen LogP contribution in [0.25, 0.3) is 10.9 Å². The molecule has 0 bridgehead atoms. The Balaban J connectivity index is 1.41. The van der Waals surface area contributed by atoms with Crippen LogP contribution in [0.2, 0.25) is 0 Å². The lowest BCUT2D eigenvalue weighted by Crippen LogP contribution is -2.45. The number of hydrogen-bond acceptors (Lipinski definition) is 7. The lowest BCUT2D eigenvalue weighted by atomic mass is 10.0. The van der Waals surface area contributed by atoms with Gasteiger partial charge in [0.05, 0.1) is 24.7 Å². The number of carbonyl (C=O) groups excluding carboxylic acids is 1. The summed E-state index contributed by atoms with van der Waals surface area (Å²) < 4.78 is 43.4. The second kappa shape index (κ2) is 11.4. The van der Waals surface area contributed by atoms with Crippen LogP contribution in [0.4, 0.5) is 19.0 Å². The van der Waals surface area contributed by atoms with Crippen LogP contribution < -0.4 is 5.32 Å². The second-order valence-electron chi connectivity index (χ2n) is 9.64. The fourth-order valence-corrected chi connectivity index (χ4v) is 4.44. The quantitative estimate of drug-likeness (QED) is 0.441. The summed E-state index contributed by atoms with van der Waals surface area (Å²) in [6, 6.07) is 12.5. The molecule has 1 N–H and O–H groups in total. The van der Waals surface area contributed by atoms with Gasteiger partial charge in [-0.05, 0) is 35.7 Å². The van der Waals surface area contributed by atoms with Gasteiger partial charge in [-0.3, -0.25) is 9.80 Å². The SMILES string of the molecule is COC(=O)[C@@H](Nc1nc(CN2CCN(Cc3ccc(C(F)(F)F)cc3)CC2)nc2ccccc12)C(C)C. The van der Waals surface area contributed by atoms with Gasteiger partial charge in [0, 0.05) is 38.1 Å². The highest BCUT2D eigenvalue weighted by Crippen LogP contribution is 2.29. The average Bonchev–Trinajstić information content (AvgIpc) is 2.87. The molecule has 0 amide bonds. The number of esters is 1. The Labute approximate surface area is 214 Å². The minimum Gasteiger partial charge on any atom is -0.467 e. The summed E-state index contributed by atoms with van der Waals surface area (Å²) in [6.45, 7) is 8.21.